The zero-order valence-corrected chi connectivity index (χ0v) is 16.7. The van der Waals surface area contributed by atoms with Crippen LogP contribution in [0.5, 0.6) is 0 Å². The molecule has 0 aliphatic heterocycles. The summed E-state index contributed by atoms with van der Waals surface area (Å²) in [7, 11) is 0. The Bertz CT molecular complexity index is 888. The van der Waals surface area contributed by atoms with Crippen molar-refractivity contribution >= 4 is 11.9 Å². The number of carbonyl (C=O) groups is 2. The first kappa shape index (κ1) is 21.1. The number of hydrogen-bond donors (Lipinski definition) is 2. The molecule has 30 heavy (non-hydrogen) atoms. The summed E-state index contributed by atoms with van der Waals surface area (Å²) in [5.74, 6) is -1.43. The van der Waals surface area contributed by atoms with E-state index in [9.17, 15) is 14.7 Å². The van der Waals surface area contributed by atoms with Gasteiger partial charge < -0.3 is 10.4 Å². The molecule has 0 unspecified atom stereocenters. The van der Waals surface area contributed by atoms with E-state index in [0.29, 0.717) is 6.42 Å². The molecule has 1 atom stereocenters. The lowest BCUT2D eigenvalue weighted by Crippen LogP contribution is -2.51. The summed E-state index contributed by atoms with van der Waals surface area (Å²) >= 11 is 0. The number of amides is 1. The average molecular weight is 399 g/mol. The van der Waals surface area contributed by atoms with Gasteiger partial charge in [0.15, 0.2) is 0 Å². The number of benzene rings is 3. The van der Waals surface area contributed by atoms with Gasteiger partial charge in [-0.15, -0.1) is 6.58 Å². The Morgan fingerprint density at radius 2 is 1.23 bits per heavy atom. The average Bonchev–Trinajstić information content (AvgIpc) is 2.79. The monoisotopic (exact) mass is 399 g/mol. The van der Waals surface area contributed by atoms with Gasteiger partial charge in [0.05, 0.1) is 0 Å². The van der Waals surface area contributed by atoms with Crippen LogP contribution in [0.3, 0.4) is 0 Å². The molecule has 4 heteroatoms. The summed E-state index contributed by atoms with van der Waals surface area (Å²) < 4.78 is 0. The van der Waals surface area contributed by atoms with Crippen LogP contribution in [0.4, 0.5) is 0 Å². The SMILES string of the molecule is C=CCC[C@@H](NC(=O)C(c1ccccc1)(c1ccccc1)c1ccccc1)C(=O)O. The van der Waals surface area contributed by atoms with Gasteiger partial charge in [-0.2, -0.15) is 0 Å². The Labute approximate surface area is 176 Å². The van der Waals surface area contributed by atoms with Crippen molar-refractivity contribution in [2.45, 2.75) is 24.3 Å². The molecule has 0 saturated heterocycles. The number of carboxylic acid groups (broad SMARTS) is 1. The highest BCUT2D eigenvalue weighted by molar-refractivity contribution is 5.98. The van der Waals surface area contributed by atoms with Crippen molar-refractivity contribution in [3.05, 3.63) is 120 Å². The fraction of sp³-hybridized carbons (Fsp3) is 0.154. The molecule has 0 aliphatic carbocycles. The standard InChI is InChI=1S/C26H25NO3/c1-2-3-19-23(24(28)29)27-25(30)26(20-13-7-4-8-14-20,21-15-9-5-10-16-21)22-17-11-6-12-18-22/h2,4-18,23H,1,3,19H2,(H,27,30)(H,28,29)/t23-/m1/s1. The van der Waals surface area contributed by atoms with Gasteiger partial charge in [-0.25, -0.2) is 4.79 Å². The van der Waals surface area contributed by atoms with Crippen LogP contribution >= 0.6 is 0 Å². The smallest absolute Gasteiger partial charge is 0.326 e. The number of allylic oxidation sites excluding steroid dienone is 1. The van der Waals surface area contributed by atoms with Crippen molar-refractivity contribution in [3.63, 3.8) is 0 Å². The third-order valence-electron chi connectivity index (χ3n) is 5.22. The normalized spacial score (nSPS) is 12.0. The van der Waals surface area contributed by atoms with Crippen molar-refractivity contribution in [1.82, 2.24) is 5.32 Å². The van der Waals surface area contributed by atoms with E-state index in [4.69, 9.17) is 0 Å². The molecule has 1 amide bonds. The summed E-state index contributed by atoms with van der Waals surface area (Å²) in [6.45, 7) is 3.66. The maximum absolute atomic E-state index is 13.9. The molecule has 0 fully saturated rings. The number of carbonyl (C=O) groups excluding carboxylic acids is 1. The molecule has 0 radical (unpaired) electrons. The molecule has 0 spiro atoms. The quantitative estimate of drug-likeness (QED) is 0.410. The van der Waals surface area contributed by atoms with E-state index < -0.39 is 17.4 Å². The Morgan fingerprint density at radius 1 is 0.833 bits per heavy atom. The summed E-state index contributed by atoms with van der Waals surface area (Å²) in [5, 5.41) is 12.5. The highest BCUT2D eigenvalue weighted by atomic mass is 16.4. The number of nitrogens with one attached hydrogen (secondary N) is 1. The van der Waals surface area contributed by atoms with Gasteiger partial charge in [-0.1, -0.05) is 97.1 Å². The lowest BCUT2D eigenvalue weighted by Gasteiger charge is -2.35. The highest BCUT2D eigenvalue weighted by Crippen LogP contribution is 2.39. The first-order valence-electron chi connectivity index (χ1n) is 9.92. The van der Waals surface area contributed by atoms with Crippen LogP contribution in [0.1, 0.15) is 29.5 Å². The summed E-state index contributed by atoms with van der Waals surface area (Å²) in [4.78, 5) is 25.8. The van der Waals surface area contributed by atoms with Crippen molar-refractivity contribution in [1.29, 1.82) is 0 Å². The summed E-state index contributed by atoms with van der Waals surface area (Å²) in [6, 6.07) is 27.4. The zero-order chi connectivity index (χ0) is 21.4. The second-order valence-corrected chi connectivity index (χ2v) is 7.08. The van der Waals surface area contributed by atoms with Gasteiger partial charge >= 0.3 is 5.97 Å². The van der Waals surface area contributed by atoms with Crippen LogP contribution in [-0.2, 0) is 15.0 Å². The van der Waals surface area contributed by atoms with E-state index in [0.717, 1.165) is 16.7 Å². The zero-order valence-electron chi connectivity index (χ0n) is 16.7. The highest BCUT2D eigenvalue weighted by Gasteiger charge is 2.44. The molecular weight excluding hydrogens is 374 g/mol. The molecule has 0 bridgehead atoms. The van der Waals surface area contributed by atoms with Crippen LogP contribution < -0.4 is 5.32 Å². The van der Waals surface area contributed by atoms with Crippen molar-refractivity contribution < 1.29 is 14.7 Å². The molecule has 0 aliphatic rings. The van der Waals surface area contributed by atoms with Crippen LogP contribution in [0.2, 0.25) is 0 Å². The Hall–Kier alpha value is -3.66. The van der Waals surface area contributed by atoms with Crippen molar-refractivity contribution in [2.24, 2.45) is 0 Å². The fourth-order valence-corrected chi connectivity index (χ4v) is 3.77. The number of carboxylic acids is 1. The van der Waals surface area contributed by atoms with Crippen LogP contribution in [-0.4, -0.2) is 23.0 Å². The predicted molar refractivity (Wildman–Crippen MR) is 118 cm³/mol. The van der Waals surface area contributed by atoms with E-state index in [1.807, 2.05) is 91.0 Å². The molecule has 3 rings (SSSR count). The number of rotatable bonds is 9. The molecule has 2 N–H and O–H groups in total. The van der Waals surface area contributed by atoms with Gasteiger partial charge in [0.25, 0.3) is 0 Å². The molecule has 0 aromatic heterocycles. The van der Waals surface area contributed by atoms with E-state index >= 15 is 0 Å². The first-order valence-corrected chi connectivity index (χ1v) is 9.92. The Morgan fingerprint density at radius 3 is 1.57 bits per heavy atom. The molecule has 3 aromatic rings. The number of hydrogen-bond acceptors (Lipinski definition) is 2. The van der Waals surface area contributed by atoms with Crippen LogP contribution in [0.25, 0.3) is 0 Å². The van der Waals surface area contributed by atoms with E-state index in [2.05, 4.69) is 11.9 Å². The molecule has 0 heterocycles. The van der Waals surface area contributed by atoms with Gasteiger partial charge in [-0.3, -0.25) is 4.79 Å². The molecule has 4 nitrogen and oxygen atoms in total. The second kappa shape index (κ2) is 9.70. The molecule has 152 valence electrons. The maximum Gasteiger partial charge on any atom is 0.326 e. The maximum atomic E-state index is 13.9. The Kier molecular flexibility index (Phi) is 6.81. The number of aliphatic carboxylic acids is 1. The minimum atomic E-state index is -1.19. The summed E-state index contributed by atoms with van der Waals surface area (Å²) in [6.07, 6.45) is 2.42. The van der Waals surface area contributed by atoms with Gasteiger partial charge in [0.1, 0.15) is 11.5 Å². The molecular formula is C26H25NO3. The predicted octanol–water partition coefficient (Wildman–Crippen LogP) is 4.56. The van der Waals surface area contributed by atoms with Crippen LogP contribution in [0.15, 0.2) is 104 Å². The third-order valence-corrected chi connectivity index (χ3v) is 5.22. The van der Waals surface area contributed by atoms with Crippen LogP contribution in [0, 0.1) is 0 Å². The summed E-state index contributed by atoms with van der Waals surface area (Å²) in [5.41, 5.74) is 1.12. The molecule has 3 aromatic carbocycles. The van der Waals surface area contributed by atoms with E-state index in [1.54, 1.807) is 6.08 Å². The minimum Gasteiger partial charge on any atom is -0.480 e. The lowest BCUT2D eigenvalue weighted by molar-refractivity contribution is -0.142. The fourth-order valence-electron chi connectivity index (χ4n) is 3.77. The van der Waals surface area contributed by atoms with Crippen molar-refractivity contribution in [2.75, 3.05) is 0 Å². The largest absolute Gasteiger partial charge is 0.480 e. The minimum absolute atomic E-state index is 0.277. The van der Waals surface area contributed by atoms with Crippen molar-refractivity contribution in [3.8, 4) is 0 Å². The van der Waals surface area contributed by atoms with Gasteiger partial charge in [0, 0.05) is 0 Å². The first-order chi connectivity index (χ1) is 14.6. The Balaban J connectivity index is 2.22. The second-order valence-electron chi connectivity index (χ2n) is 7.08. The van der Waals surface area contributed by atoms with Gasteiger partial charge in [-0.05, 0) is 29.5 Å². The third kappa shape index (κ3) is 4.18. The molecule has 0 saturated carbocycles. The lowest BCUT2D eigenvalue weighted by atomic mass is 9.68. The van der Waals surface area contributed by atoms with E-state index in [-0.39, 0.29) is 12.3 Å². The topological polar surface area (TPSA) is 66.4 Å². The van der Waals surface area contributed by atoms with E-state index in [1.165, 1.54) is 0 Å². The van der Waals surface area contributed by atoms with Gasteiger partial charge in [0.2, 0.25) is 5.91 Å².